The third-order valence-electron chi connectivity index (χ3n) is 1.67. The van der Waals surface area contributed by atoms with E-state index in [0.29, 0.717) is 0 Å². The van der Waals surface area contributed by atoms with E-state index in [4.69, 9.17) is 0 Å². The van der Waals surface area contributed by atoms with Gasteiger partial charge in [-0.05, 0) is 12.1 Å². The van der Waals surface area contributed by atoms with Crippen molar-refractivity contribution in [1.82, 2.24) is 0 Å². The van der Waals surface area contributed by atoms with Crippen LogP contribution >= 0.6 is 0 Å². The minimum absolute atomic E-state index is 0.442. The quantitative estimate of drug-likeness (QED) is 0.741. The van der Waals surface area contributed by atoms with Crippen LogP contribution in [0.1, 0.15) is 11.7 Å². The second-order valence-corrected chi connectivity index (χ2v) is 2.70. The molecule has 1 unspecified atom stereocenters. The molecule has 0 saturated carbocycles. The topological polar surface area (TPSA) is 22.4 Å². The fourth-order valence-corrected chi connectivity index (χ4v) is 0.996. The molecule has 15 heavy (non-hydrogen) atoms. The highest BCUT2D eigenvalue weighted by Gasteiger charge is 2.43. The average Bonchev–Trinajstić information content (AvgIpc) is 2.54. The fourth-order valence-electron chi connectivity index (χ4n) is 0.996. The van der Waals surface area contributed by atoms with Crippen LogP contribution in [0.5, 0.6) is 0 Å². The van der Waals surface area contributed by atoms with Crippen molar-refractivity contribution < 1.29 is 31.1 Å². The molecule has 2 nitrogen and oxygen atoms in total. The van der Waals surface area contributed by atoms with Crippen molar-refractivity contribution in [2.45, 2.75) is 18.7 Å². The van der Waals surface area contributed by atoms with Crippen molar-refractivity contribution in [2.24, 2.45) is 0 Å². The summed E-state index contributed by atoms with van der Waals surface area (Å²) in [5.74, 6) is -2.61. The summed E-state index contributed by atoms with van der Waals surface area (Å²) in [4.78, 5) is 0. The smallest absolute Gasteiger partial charge is 0.401 e. The Morgan fingerprint density at radius 1 is 1.33 bits per heavy atom. The minimum atomic E-state index is -4.67. The first-order chi connectivity index (χ1) is 6.91. The molecule has 0 radical (unpaired) electrons. The average molecular weight is 230 g/mol. The zero-order chi connectivity index (χ0) is 11.5. The number of alkyl halides is 5. The highest BCUT2D eigenvalue weighted by molar-refractivity contribution is 5.07. The summed E-state index contributed by atoms with van der Waals surface area (Å²) in [6.45, 7) is -4.39. The van der Waals surface area contributed by atoms with Crippen molar-refractivity contribution in [3.05, 3.63) is 24.2 Å². The van der Waals surface area contributed by atoms with Gasteiger partial charge in [0.1, 0.15) is 11.7 Å². The molecule has 7 heteroatoms. The van der Waals surface area contributed by atoms with E-state index in [1.54, 1.807) is 0 Å². The molecular formula is C8H7F5O2. The Morgan fingerprint density at radius 2 is 2.00 bits per heavy atom. The van der Waals surface area contributed by atoms with Gasteiger partial charge in [-0.3, -0.25) is 0 Å². The Morgan fingerprint density at radius 3 is 2.40 bits per heavy atom. The molecule has 0 aliphatic carbocycles. The zero-order valence-electron chi connectivity index (χ0n) is 7.30. The molecule has 0 aromatic carbocycles. The molecule has 0 saturated heterocycles. The Hall–Kier alpha value is -1.11. The Balaban J connectivity index is 2.71. The first-order valence-electron chi connectivity index (χ1n) is 3.91. The molecule has 0 N–H and O–H groups in total. The van der Waals surface area contributed by atoms with Crippen molar-refractivity contribution in [1.29, 1.82) is 0 Å². The van der Waals surface area contributed by atoms with E-state index in [1.165, 1.54) is 6.07 Å². The first kappa shape index (κ1) is 12.0. The maximum Gasteiger partial charge on any atom is 0.401 e. The maximum atomic E-state index is 12.3. The molecule has 0 bridgehead atoms. The molecule has 0 aliphatic rings. The van der Waals surface area contributed by atoms with Gasteiger partial charge in [-0.1, -0.05) is 0 Å². The number of halogens is 5. The third-order valence-corrected chi connectivity index (χ3v) is 1.67. The Bertz CT molecular complexity index is 280. The largest absolute Gasteiger partial charge is 0.469 e. The molecule has 86 valence electrons. The lowest BCUT2D eigenvalue weighted by Gasteiger charge is -2.17. The molecule has 1 aromatic heterocycles. The number of ether oxygens (including phenoxy) is 1. The molecular weight excluding hydrogens is 223 g/mol. The molecule has 0 fully saturated rings. The highest BCUT2D eigenvalue weighted by atomic mass is 19.4. The predicted molar refractivity (Wildman–Crippen MR) is 39.5 cm³/mol. The summed E-state index contributed by atoms with van der Waals surface area (Å²) in [6.07, 6.45) is -3.64. The van der Waals surface area contributed by atoms with E-state index < -0.39 is 31.1 Å². The van der Waals surface area contributed by atoms with E-state index in [1.807, 2.05) is 0 Å². The lowest BCUT2D eigenvalue weighted by Crippen LogP contribution is -2.25. The first-order valence-corrected chi connectivity index (χ1v) is 3.91. The maximum absolute atomic E-state index is 12.3. The fraction of sp³-hybridized carbons (Fsp3) is 0.500. The predicted octanol–water partition coefficient (Wildman–Crippen LogP) is 3.16. The lowest BCUT2D eigenvalue weighted by atomic mass is 10.1. The summed E-state index contributed by atoms with van der Waals surface area (Å²) in [5.41, 5.74) is 0. The lowest BCUT2D eigenvalue weighted by molar-refractivity contribution is -0.195. The number of furan rings is 1. The van der Waals surface area contributed by atoms with Gasteiger partial charge in [0.2, 0.25) is 0 Å². The third kappa shape index (κ3) is 3.50. The van der Waals surface area contributed by atoms with Crippen LogP contribution in [-0.4, -0.2) is 19.4 Å². The van der Waals surface area contributed by atoms with Crippen LogP contribution in [0.2, 0.25) is 0 Å². The Labute approximate surface area is 81.6 Å². The molecule has 1 rings (SSSR count). The van der Waals surface area contributed by atoms with E-state index in [9.17, 15) is 22.0 Å². The van der Waals surface area contributed by atoms with Crippen molar-refractivity contribution in [2.75, 3.05) is 6.61 Å². The van der Waals surface area contributed by atoms with Gasteiger partial charge in [0.05, 0.1) is 12.9 Å². The van der Waals surface area contributed by atoms with Crippen LogP contribution < -0.4 is 0 Å². The van der Waals surface area contributed by atoms with E-state index in [0.717, 1.165) is 12.3 Å². The molecule has 1 aromatic rings. The Kier molecular flexibility index (Phi) is 3.67. The van der Waals surface area contributed by atoms with E-state index >= 15 is 0 Å². The normalized spacial score (nSPS) is 14.5. The summed E-state index contributed by atoms with van der Waals surface area (Å²) < 4.78 is 68.4. The van der Waals surface area contributed by atoms with E-state index in [-0.39, 0.29) is 0 Å². The molecule has 1 atom stereocenters. The van der Waals surface area contributed by atoms with Crippen LogP contribution in [0, 0.1) is 0 Å². The molecule has 0 aliphatic heterocycles. The van der Waals surface area contributed by atoms with Crippen LogP contribution in [0.4, 0.5) is 22.0 Å². The molecule has 0 amide bonds. The number of hydrogen-bond acceptors (Lipinski definition) is 2. The van der Waals surface area contributed by atoms with Gasteiger partial charge in [0, 0.05) is 0 Å². The van der Waals surface area contributed by atoms with Gasteiger partial charge in [-0.2, -0.15) is 22.0 Å². The van der Waals surface area contributed by atoms with Gasteiger partial charge < -0.3 is 9.15 Å². The number of rotatable bonds is 4. The standard InChI is InChI=1S/C8H7F5O2/c9-7(10)15-4-5(8(11,12)13)6-2-1-3-14-6/h1-3,5,7H,4H2. The minimum Gasteiger partial charge on any atom is -0.469 e. The van der Waals surface area contributed by atoms with Crippen molar-refractivity contribution in [3.63, 3.8) is 0 Å². The van der Waals surface area contributed by atoms with Crippen molar-refractivity contribution in [3.8, 4) is 0 Å². The van der Waals surface area contributed by atoms with Gasteiger partial charge in [-0.25, -0.2) is 0 Å². The highest BCUT2D eigenvalue weighted by Crippen LogP contribution is 2.35. The van der Waals surface area contributed by atoms with Crippen molar-refractivity contribution >= 4 is 0 Å². The monoisotopic (exact) mass is 230 g/mol. The molecule has 0 spiro atoms. The van der Waals surface area contributed by atoms with Gasteiger partial charge >= 0.3 is 12.8 Å². The summed E-state index contributed by atoms with van der Waals surface area (Å²) in [6, 6.07) is 2.31. The van der Waals surface area contributed by atoms with Crippen LogP contribution in [0.3, 0.4) is 0 Å². The second kappa shape index (κ2) is 4.61. The van der Waals surface area contributed by atoms with E-state index in [2.05, 4.69) is 9.15 Å². The van der Waals surface area contributed by atoms with Crippen LogP contribution in [0.25, 0.3) is 0 Å². The van der Waals surface area contributed by atoms with Gasteiger partial charge in [-0.15, -0.1) is 0 Å². The SMILES string of the molecule is FC(F)OCC(c1ccco1)C(F)(F)F. The summed E-state index contributed by atoms with van der Waals surface area (Å²) in [5, 5.41) is 0. The van der Waals surface area contributed by atoms with Gasteiger partial charge in [0.15, 0.2) is 0 Å². The van der Waals surface area contributed by atoms with Crippen LogP contribution in [0.15, 0.2) is 22.8 Å². The summed E-state index contributed by atoms with van der Waals surface area (Å²) >= 11 is 0. The zero-order valence-corrected chi connectivity index (χ0v) is 7.30. The number of hydrogen-bond donors (Lipinski definition) is 0. The van der Waals surface area contributed by atoms with Gasteiger partial charge in [0.25, 0.3) is 0 Å². The second-order valence-electron chi connectivity index (χ2n) is 2.70. The van der Waals surface area contributed by atoms with Crippen LogP contribution in [-0.2, 0) is 4.74 Å². The molecule has 1 heterocycles. The summed E-state index contributed by atoms with van der Waals surface area (Å²) in [7, 11) is 0.